The Morgan fingerprint density at radius 3 is 2.62 bits per heavy atom. The number of amides is 1. The number of anilines is 2. The predicted molar refractivity (Wildman–Crippen MR) is 87.6 cm³/mol. The van der Waals surface area contributed by atoms with E-state index in [1.54, 1.807) is 0 Å². The molecule has 6 N–H and O–H groups in total. The minimum atomic E-state index is -0.172. The van der Waals surface area contributed by atoms with Gasteiger partial charge in [0.05, 0.1) is 0 Å². The fraction of sp³-hybridized carbons (Fsp3) is 0.714. The molecule has 1 amide bonds. The zero-order chi connectivity index (χ0) is 15.6. The minimum Gasteiger partial charge on any atom is -0.382 e. The molecule has 6 nitrogen and oxygen atoms in total. The Balaban J connectivity index is 2.05. The smallest absolute Gasteiger partial charge is 0.265 e. The second-order valence-electron chi connectivity index (χ2n) is 6.64. The van der Waals surface area contributed by atoms with Crippen molar-refractivity contribution in [2.75, 3.05) is 11.1 Å². The van der Waals surface area contributed by atoms with Crippen molar-refractivity contribution in [3.05, 3.63) is 4.88 Å². The van der Waals surface area contributed by atoms with Gasteiger partial charge in [0.2, 0.25) is 0 Å². The largest absolute Gasteiger partial charge is 0.382 e. The number of nitrogens with two attached hydrogens (primary N) is 2. The molecule has 1 fully saturated rings. The molecule has 0 saturated heterocycles. The molecule has 1 heterocycles. The molecule has 1 saturated carbocycles. The molecular formula is C14H25N5OS. The van der Waals surface area contributed by atoms with E-state index in [-0.39, 0.29) is 29.3 Å². The number of carbonyl (C=O) groups is 1. The van der Waals surface area contributed by atoms with Crippen molar-refractivity contribution in [2.24, 2.45) is 5.73 Å². The third kappa shape index (κ3) is 4.31. The van der Waals surface area contributed by atoms with Gasteiger partial charge in [0.25, 0.3) is 5.91 Å². The van der Waals surface area contributed by atoms with E-state index >= 15 is 0 Å². The number of thiazole rings is 1. The molecule has 0 bridgehead atoms. The topological polar surface area (TPSA) is 106 Å². The van der Waals surface area contributed by atoms with E-state index in [0.29, 0.717) is 10.0 Å². The van der Waals surface area contributed by atoms with Crippen LogP contribution in [0.1, 0.15) is 56.1 Å². The Kier molecular flexibility index (Phi) is 4.73. The number of nitrogens with one attached hydrogen (secondary N) is 2. The number of nitrogen functional groups attached to an aromatic ring is 1. The molecule has 7 heteroatoms. The van der Waals surface area contributed by atoms with E-state index < -0.39 is 0 Å². The van der Waals surface area contributed by atoms with E-state index in [4.69, 9.17) is 11.5 Å². The van der Waals surface area contributed by atoms with Crippen LogP contribution in [0.5, 0.6) is 0 Å². The van der Waals surface area contributed by atoms with Gasteiger partial charge in [-0.15, -0.1) is 0 Å². The lowest BCUT2D eigenvalue weighted by Crippen LogP contribution is -2.49. The lowest BCUT2D eigenvalue weighted by molar-refractivity contribution is 0.0926. The van der Waals surface area contributed by atoms with Gasteiger partial charge in [-0.25, -0.2) is 4.98 Å². The highest BCUT2D eigenvalue weighted by Gasteiger charge is 2.26. The van der Waals surface area contributed by atoms with Crippen LogP contribution >= 0.6 is 11.3 Å². The molecule has 1 aromatic rings. The van der Waals surface area contributed by atoms with E-state index in [2.05, 4.69) is 15.6 Å². The summed E-state index contributed by atoms with van der Waals surface area (Å²) in [5.74, 6) is 0.0999. The fourth-order valence-electron chi connectivity index (χ4n) is 2.44. The quantitative estimate of drug-likeness (QED) is 0.682. The number of aromatic nitrogens is 1. The second kappa shape index (κ2) is 6.19. The summed E-state index contributed by atoms with van der Waals surface area (Å²) in [6.45, 7) is 6.10. The van der Waals surface area contributed by atoms with Crippen molar-refractivity contribution in [3.63, 3.8) is 0 Å². The van der Waals surface area contributed by atoms with Crippen LogP contribution in [0.25, 0.3) is 0 Å². The molecule has 1 aliphatic carbocycles. The van der Waals surface area contributed by atoms with Crippen molar-refractivity contribution in [1.29, 1.82) is 0 Å². The van der Waals surface area contributed by atoms with Gasteiger partial charge in [-0.05, 0) is 33.6 Å². The predicted octanol–water partition coefficient (Wildman–Crippen LogP) is 1.94. The number of nitrogens with zero attached hydrogens (tertiary/aromatic N) is 1. The van der Waals surface area contributed by atoms with E-state index in [9.17, 15) is 4.79 Å². The van der Waals surface area contributed by atoms with Crippen LogP contribution in [0.15, 0.2) is 0 Å². The van der Waals surface area contributed by atoms with Gasteiger partial charge >= 0.3 is 0 Å². The third-order valence-electron chi connectivity index (χ3n) is 3.48. The summed E-state index contributed by atoms with van der Waals surface area (Å²) in [4.78, 5) is 17.0. The van der Waals surface area contributed by atoms with Crippen LogP contribution in [0, 0.1) is 0 Å². The average molecular weight is 311 g/mol. The first-order valence-electron chi connectivity index (χ1n) is 7.37. The van der Waals surface area contributed by atoms with Crippen LogP contribution in [-0.2, 0) is 0 Å². The average Bonchev–Trinajstić information content (AvgIpc) is 2.70. The summed E-state index contributed by atoms with van der Waals surface area (Å²) < 4.78 is 0. The fourth-order valence-corrected chi connectivity index (χ4v) is 3.44. The molecular weight excluding hydrogens is 286 g/mol. The SMILES string of the molecule is CC(C)(C)Nc1nc(N)c(C(=O)NC2CCCCC2N)s1. The van der Waals surface area contributed by atoms with Crippen molar-refractivity contribution < 1.29 is 4.79 Å². The number of carbonyl (C=O) groups excluding carboxylic acids is 1. The molecule has 2 rings (SSSR count). The Hall–Kier alpha value is -1.34. The highest BCUT2D eigenvalue weighted by atomic mass is 32.1. The van der Waals surface area contributed by atoms with Crippen LogP contribution in [0.3, 0.4) is 0 Å². The highest BCUT2D eigenvalue weighted by Crippen LogP contribution is 2.27. The van der Waals surface area contributed by atoms with Crippen LogP contribution < -0.4 is 22.1 Å². The molecule has 21 heavy (non-hydrogen) atoms. The summed E-state index contributed by atoms with van der Waals surface area (Å²) in [5.41, 5.74) is 11.8. The molecule has 1 aliphatic rings. The Morgan fingerprint density at radius 1 is 1.33 bits per heavy atom. The van der Waals surface area contributed by atoms with Gasteiger partial charge in [0.15, 0.2) is 5.13 Å². The zero-order valence-electron chi connectivity index (χ0n) is 12.9. The molecule has 2 unspecified atom stereocenters. The van der Waals surface area contributed by atoms with Crippen molar-refractivity contribution in [3.8, 4) is 0 Å². The maximum Gasteiger partial charge on any atom is 0.265 e. The first kappa shape index (κ1) is 16.0. The molecule has 0 aliphatic heterocycles. The second-order valence-corrected chi connectivity index (χ2v) is 7.64. The van der Waals surface area contributed by atoms with Gasteiger partial charge in [0, 0.05) is 17.6 Å². The lowest BCUT2D eigenvalue weighted by Gasteiger charge is -2.29. The van der Waals surface area contributed by atoms with Gasteiger partial charge in [0.1, 0.15) is 10.7 Å². The van der Waals surface area contributed by atoms with Crippen LogP contribution in [0.2, 0.25) is 0 Å². The molecule has 2 atom stereocenters. The highest BCUT2D eigenvalue weighted by molar-refractivity contribution is 7.18. The van der Waals surface area contributed by atoms with Gasteiger partial charge in [-0.3, -0.25) is 4.79 Å². The van der Waals surface area contributed by atoms with Crippen molar-refractivity contribution >= 4 is 28.2 Å². The van der Waals surface area contributed by atoms with Crippen molar-refractivity contribution in [2.45, 2.75) is 64.1 Å². The van der Waals surface area contributed by atoms with Gasteiger partial charge < -0.3 is 22.1 Å². The molecule has 0 aromatic carbocycles. The minimum absolute atomic E-state index is 0.0315. The van der Waals surface area contributed by atoms with Gasteiger partial charge in [-0.1, -0.05) is 24.2 Å². The lowest BCUT2D eigenvalue weighted by atomic mass is 9.91. The first-order chi connectivity index (χ1) is 9.76. The molecule has 0 radical (unpaired) electrons. The standard InChI is InChI=1S/C14H25N5OS/c1-14(2,3)19-13-18-11(16)10(21-13)12(20)17-9-7-5-4-6-8(9)15/h8-9H,4-7,15-16H2,1-3H3,(H,17,20)(H,18,19). The van der Waals surface area contributed by atoms with Crippen LogP contribution in [0.4, 0.5) is 10.9 Å². The summed E-state index contributed by atoms with van der Waals surface area (Å²) in [6, 6.07) is 0.0655. The monoisotopic (exact) mass is 311 g/mol. The number of hydrogen-bond acceptors (Lipinski definition) is 6. The van der Waals surface area contributed by atoms with Crippen LogP contribution in [-0.4, -0.2) is 28.5 Å². The number of hydrogen-bond donors (Lipinski definition) is 4. The number of rotatable bonds is 3. The Bertz CT molecular complexity index is 508. The molecule has 0 spiro atoms. The van der Waals surface area contributed by atoms with Gasteiger partial charge in [-0.2, -0.15) is 0 Å². The normalized spacial score (nSPS) is 22.9. The first-order valence-corrected chi connectivity index (χ1v) is 8.19. The Morgan fingerprint density at radius 2 is 2.00 bits per heavy atom. The summed E-state index contributed by atoms with van der Waals surface area (Å²) in [6.07, 6.45) is 4.13. The van der Waals surface area contributed by atoms with E-state index in [1.807, 2.05) is 20.8 Å². The molecule has 118 valence electrons. The van der Waals surface area contributed by atoms with E-state index in [0.717, 1.165) is 25.7 Å². The summed E-state index contributed by atoms with van der Waals surface area (Å²) in [5, 5.41) is 6.90. The third-order valence-corrected chi connectivity index (χ3v) is 4.46. The maximum atomic E-state index is 12.4. The zero-order valence-corrected chi connectivity index (χ0v) is 13.7. The summed E-state index contributed by atoms with van der Waals surface area (Å²) >= 11 is 1.28. The maximum absolute atomic E-state index is 12.4. The summed E-state index contributed by atoms with van der Waals surface area (Å²) in [7, 11) is 0. The Labute approximate surface area is 129 Å². The van der Waals surface area contributed by atoms with E-state index in [1.165, 1.54) is 11.3 Å². The van der Waals surface area contributed by atoms with Crippen molar-refractivity contribution in [1.82, 2.24) is 10.3 Å². The molecule has 1 aromatic heterocycles.